The number of carboxylic acids is 1. The van der Waals surface area contributed by atoms with Crippen molar-refractivity contribution in [3.63, 3.8) is 0 Å². The Morgan fingerprint density at radius 2 is 1.77 bits per heavy atom. The average molecular weight is 307 g/mol. The SMILES string of the molecule is CC.Cc1ccc(C(=O)O)cc1N1CCC2(CC1)OCCO2. The van der Waals surface area contributed by atoms with Gasteiger partial charge in [-0.3, -0.25) is 0 Å². The van der Waals surface area contributed by atoms with Crippen LogP contribution >= 0.6 is 0 Å². The van der Waals surface area contributed by atoms with E-state index in [0.29, 0.717) is 18.8 Å². The third-order valence-corrected chi connectivity index (χ3v) is 4.14. The van der Waals surface area contributed by atoms with Crippen LogP contribution in [0.2, 0.25) is 0 Å². The first-order chi connectivity index (χ1) is 10.6. The summed E-state index contributed by atoms with van der Waals surface area (Å²) < 4.78 is 11.4. The second-order valence-corrected chi connectivity index (χ2v) is 5.40. The van der Waals surface area contributed by atoms with Crippen LogP contribution in [0, 0.1) is 6.92 Å². The predicted molar refractivity (Wildman–Crippen MR) is 85.6 cm³/mol. The summed E-state index contributed by atoms with van der Waals surface area (Å²) >= 11 is 0. The Bertz CT molecular complexity index is 513. The number of carboxylic acid groups (broad SMARTS) is 1. The van der Waals surface area contributed by atoms with Crippen LogP contribution in [0.5, 0.6) is 0 Å². The molecule has 2 aliphatic heterocycles. The van der Waals surface area contributed by atoms with Crippen LogP contribution in [-0.4, -0.2) is 43.2 Å². The van der Waals surface area contributed by atoms with Gasteiger partial charge in [-0.15, -0.1) is 0 Å². The lowest BCUT2D eigenvalue weighted by Gasteiger charge is -2.39. The molecule has 0 bridgehead atoms. The van der Waals surface area contributed by atoms with Crippen LogP contribution < -0.4 is 4.90 Å². The van der Waals surface area contributed by atoms with E-state index in [1.165, 1.54) is 0 Å². The quantitative estimate of drug-likeness (QED) is 0.910. The minimum atomic E-state index is -0.887. The van der Waals surface area contributed by atoms with Crippen molar-refractivity contribution in [2.45, 2.75) is 39.4 Å². The second kappa shape index (κ2) is 7.11. The maximum atomic E-state index is 11.1. The maximum absolute atomic E-state index is 11.1. The fourth-order valence-electron chi connectivity index (χ4n) is 2.96. The van der Waals surface area contributed by atoms with Crippen molar-refractivity contribution in [2.75, 3.05) is 31.2 Å². The molecule has 5 nitrogen and oxygen atoms in total. The first kappa shape index (κ1) is 16.8. The molecule has 0 aliphatic carbocycles. The molecule has 0 saturated carbocycles. The Morgan fingerprint density at radius 1 is 1.18 bits per heavy atom. The lowest BCUT2D eigenvalue weighted by molar-refractivity contribution is -0.169. The Kier molecular flexibility index (Phi) is 5.42. The summed E-state index contributed by atoms with van der Waals surface area (Å²) in [7, 11) is 0. The molecule has 0 amide bonds. The maximum Gasteiger partial charge on any atom is 0.335 e. The first-order valence-electron chi connectivity index (χ1n) is 7.96. The zero-order valence-electron chi connectivity index (χ0n) is 13.6. The summed E-state index contributed by atoms with van der Waals surface area (Å²) in [5.41, 5.74) is 2.43. The fourth-order valence-corrected chi connectivity index (χ4v) is 2.96. The summed E-state index contributed by atoms with van der Waals surface area (Å²) in [6.07, 6.45) is 1.65. The van der Waals surface area contributed by atoms with Gasteiger partial charge in [-0.1, -0.05) is 19.9 Å². The molecular weight excluding hydrogens is 282 g/mol. The standard InChI is InChI=1S/C15H19NO4.C2H6/c1-11-2-3-12(14(17)18)10-13(11)16-6-4-15(5-7-16)19-8-9-20-15;1-2/h2-3,10H,4-9H2,1H3,(H,17,18);1-2H3. The predicted octanol–water partition coefficient (Wildman–Crippen LogP) is 3.06. The summed E-state index contributed by atoms with van der Waals surface area (Å²) in [4.78, 5) is 13.3. The smallest absolute Gasteiger partial charge is 0.335 e. The number of ether oxygens (including phenoxy) is 2. The van der Waals surface area contributed by atoms with E-state index in [1.807, 2.05) is 26.8 Å². The molecule has 2 saturated heterocycles. The normalized spacial score (nSPS) is 19.7. The molecule has 2 fully saturated rings. The van der Waals surface area contributed by atoms with Gasteiger partial charge in [0.05, 0.1) is 18.8 Å². The van der Waals surface area contributed by atoms with E-state index >= 15 is 0 Å². The first-order valence-corrected chi connectivity index (χ1v) is 7.96. The van der Waals surface area contributed by atoms with Crippen LogP contribution in [0.25, 0.3) is 0 Å². The molecule has 2 aliphatic rings. The van der Waals surface area contributed by atoms with Crippen molar-refractivity contribution in [2.24, 2.45) is 0 Å². The Morgan fingerprint density at radius 3 is 2.32 bits per heavy atom. The Labute approximate surface area is 131 Å². The summed E-state index contributed by atoms with van der Waals surface area (Å²) in [6.45, 7) is 9.00. The Hall–Kier alpha value is -1.59. The van der Waals surface area contributed by atoms with E-state index in [1.54, 1.807) is 12.1 Å². The van der Waals surface area contributed by atoms with Gasteiger partial charge in [0.2, 0.25) is 0 Å². The van der Waals surface area contributed by atoms with Gasteiger partial charge in [0.15, 0.2) is 5.79 Å². The number of anilines is 1. The molecule has 122 valence electrons. The van der Waals surface area contributed by atoms with E-state index < -0.39 is 11.8 Å². The van der Waals surface area contributed by atoms with Crippen molar-refractivity contribution in [1.82, 2.24) is 0 Å². The zero-order chi connectivity index (χ0) is 16.2. The number of hydrogen-bond acceptors (Lipinski definition) is 4. The molecule has 0 unspecified atom stereocenters. The van der Waals surface area contributed by atoms with Crippen molar-refractivity contribution in [1.29, 1.82) is 0 Å². The second-order valence-electron chi connectivity index (χ2n) is 5.40. The van der Waals surface area contributed by atoms with E-state index in [-0.39, 0.29) is 0 Å². The number of rotatable bonds is 2. The minimum absolute atomic E-state index is 0.333. The number of carbonyl (C=O) groups is 1. The van der Waals surface area contributed by atoms with Crippen molar-refractivity contribution < 1.29 is 19.4 Å². The van der Waals surface area contributed by atoms with Gasteiger partial charge in [-0.05, 0) is 24.6 Å². The van der Waals surface area contributed by atoms with Gasteiger partial charge in [0, 0.05) is 31.6 Å². The molecular formula is C17H25NO4. The van der Waals surface area contributed by atoms with Gasteiger partial charge in [-0.2, -0.15) is 0 Å². The molecule has 1 N–H and O–H groups in total. The zero-order valence-corrected chi connectivity index (χ0v) is 13.6. The van der Waals surface area contributed by atoms with Crippen LogP contribution in [0.3, 0.4) is 0 Å². The minimum Gasteiger partial charge on any atom is -0.478 e. The summed E-state index contributed by atoms with van der Waals surface area (Å²) in [5, 5.41) is 9.11. The van der Waals surface area contributed by atoms with Crippen molar-refractivity contribution >= 4 is 11.7 Å². The van der Waals surface area contributed by atoms with Crippen LogP contribution in [0.15, 0.2) is 18.2 Å². The van der Waals surface area contributed by atoms with E-state index in [4.69, 9.17) is 14.6 Å². The number of hydrogen-bond donors (Lipinski definition) is 1. The summed E-state index contributed by atoms with van der Waals surface area (Å²) in [6, 6.07) is 5.27. The van der Waals surface area contributed by atoms with Crippen molar-refractivity contribution in [3.05, 3.63) is 29.3 Å². The number of benzene rings is 1. The lowest BCUT2D eigenvalue weighted by atomic mass is 10.0. The molecule has 5 heteroatoms. The van der Waals surface area contributed by atoms with Crippen LogP contribution in [0.1, 0.15) is 42.6 Å². The highest BCUT2D eigenvalue weighted by molar-refractivity contribution is 5.89. The number of nitrogens with zero attached hydrogens (tertiary/aromatic N) is 1. The largest absolute Gasteiger partial charge is 0.478 e. The molecule has 1 spiro atoms. The van der Waals surface area contributed by atoms with Gasteiger partial charge in [-0.25, -0.2) is 4.79 Å². The summed E-state index contributed by atoms with van der Waals surface area (Å²) in [5.74, 6) is -1.28. The highest BCUT2D eigenvalue weighted by atomic mass is 16.7. The third kappa shape index (κ3) is 3.42. The number of aromatic carboxylic acids is 1. The monoisotopic (exact) mass is 307 g/mol. The van der Waals surface area contributed by atoms with Gasteiger partial charge in [0.1, 0.15) is 0 Å². The molecule has 0 aromatic heterocycles. The fraction of sp³-hybridized carbons (Fsp3) is 0.588. The van der Waals surface area contributed by atoms with Gasteiger partial charge >= 0.3 is 5.97 Å². The molecule has 0 radical (unpaired) electrons. The topological polar surface area (TPSA) is 59.0 Å². The lowest BCUT2D eigenvalue weighted by Crippen LogP contribution is -2.45. The van der Waals surface area contributed by atoms with Gasteiger partial charge in [0.25, 0.3) is 0 Å². The van der Waals surface area contributed by atoms with E-state index in [0.717, 1.165) is 37.2 Å². The van der Waals surface area contributed by atoms with E-state index in [2.05, 4.69) is 4.90 Å². The molecule has 0 atom stereocenters. The molecule has 22 heavy (non-hydrogen) atoms. The van der Waals surface area contributed by atoms with E-state index in [9.17, 15) is 4.79 Å². The highest BCUT2D eigenvalue weighted by Gasteiger charge is 2.40. The average Bonchev–Trinajstić information content (AvgIpc) is 2.99. The molecule has 1 aromatic rings. The third-order valence-electron chi connectivity index (χ3n) is 4.14. The van der Waals surface area contributed by atoms with Gasteiger partial charge < -0.3 is 19.5 Å². The Balaban J connectivity index is 0.000000847. The van der Waals surface area contributed by atoms with Crippen LogP contribution in [-0.2, 0) is 9.47 Å². The molecule has 1 aromatic carbocycles. The van der Waals surface area contributed by atoms with Crippen molar-refractivity contribution in [3.8, 4) is 0 Å². The van der Waals surface area contributed by atoms with Crippen LogP contribution in [0.4, 0.5) is 5.69 Å². The molecule has 2 heterocycles. The highest BCUT2D eigenvalue weighted by Crippen LogP contribution is 2.34. The number of piperidine rings is 1. The molecule has 3 rings (SSSR count). The number of aryl methyl sites for hydroxylation is 1.